The molecule has 0 aliphatic heterocycles. The van der Waals surface area contributed by atoms with E-state index in [1.54, 1.807) is 20.3 Å². The van der Waals surface area contributed by atoms with Crippen molar-refractivity contribution in [1.29, 1.82) is 0 Å². The van der Waals surface area contributed by atoms with Gasteiger partial charge in [0.2, 0.25) is 5.88 Å². The Hall–Kier alpha value is -3.75. The predicted molar refractivity (Wildman–Crippen MR) is 129 cm³/mol. The van der Waals surface area contributed by atoms with Crippen molar-refractivity contribution in [2.24, 2.45) is 0 Å². The van der Waals surface area contributed by atoms with Crippen LogP contribution in [0.3, 0.4) is 0 Å². The summed E-state index contributed by atoms with van der Waals surface area (Å²) < 4.78 is 37.3. The van der Waals surface area contributed by atoms with E-state index in [-0.39, 0.29) is 18.3 Å². The highest BCUT2D eigenvalue weighted by Gasteiger charge is 2.31. The lowest BCUT2D eigenvalue weighted by molar-refractivity contribution is 0.265. The van der Waals surface area contributed by atoms with Crippen LogP contribution in [0.2, 0.25) is 0 Å². The Morgan fingerprint density at radius 1 is 1.03 bits per heavy atom. The lowest BCUT2D eigenvalue weighted by atomic mass is 10.0. The summed E-state index contributed by atoms with van der Waals surface area (Å²) in [6, 6.07) is 3.11. The van der Waals surface area contributed by atoms with Gasteiger partial charge in [-0.25, -0.2) is 19.3 Å². The van der Waals surface area contributed by atoms with Gasteiger partial charge in [-0.3, -0.25) is 0 Å². The molecule has 1 fully saturated rings. The normalized spacial score (nSPS) is 13.5. The van der Waals surface area contributed by atoms with Crippen molar-refractivity contribution >= 4 is 5.57 Å². The fourth-order valence-corrected chi connectivity index (χ4v) is 3.89. The minimum Gasteiger partial charge on any atom is -0.496 e. The summed E-state index contributed by atoms with van der Waals surface area (Å²) in [6.45, 7) is 3.90. The van der Waals surface area contributed by atoms with Gasteiger partial charge in [-0.1, -0.05) is 13.0 Å². The van der Waals surface area contributed by atoms with Gasteiger partial charge in [-0.2, -0.15) is 4.98 Å². The number of benzene rings is 1. The summed E-state index contributed by atoms with van der Waals surface area (Å²) in [5.74, 6) is 1.82. The van der Waals surface area contributed by atoms with E-state index in [0.717, 1.165) is 30.5 Å². The fraction of sp³-hybridized carbons (Fsp3) is 0.385. The molecule has 0 bridgehead atoms. The van der Waals surface area contributed by atoms with Crippen LogP contribution in [0.25, 0.3) is 17.0 Å². The second kappa shape index (κ2) is 10.7. The van der Waals surface area contributed by atoms with Crippen LogP contribution in [0, 0.1) is 5.82 Å². The lowest BCUT2D eigenvalue weighted by Crippen LogP contribution is -2.06. The van der Waals surface area contributed by atoms with E-state index in [4.69, 9.17) is 18.9 Å². The van der Waals surface area contributed by atoms with Crippen LogP contribution in [0.15, 0.2) is 30.7 Å². The second-order valence-electron chi connectivity index (χ2n) is 8.21. The highest BCUT2D eigenvalue weighted by Crippen LogP contribution is 2.45. The van der Waals surface area contributed by atoms with Crippen molar-refractivity contribution in [3.8, 4) is 34.6 Å². The van der Waals surface area contributed by atoms with Gasteiger partial charge in [0.1, 0.15) is 30.1 Å². The van der Waals surface area contributed by atoms with E-state index in [2.05, 4.69) is 19.9 Å². The molecule has 9 heteroatoms. The van der Waals surface area contributed by atoms with Gasteiger partial charge in [-0.05, 0) is 43.9 Å². The smallest absolute Gasteiger partial charge is 0.261 e. The van der Waals surface area contributed by atoms with Crippen LogP contribution in [0.5, 0.6) is 23.3 Å². The van der Waals surface area contributed by atoms with Crippen molar-refractivity contribution in [2.75, 3.05) is 21.3 Å². The van der Waals surface area contributed by atoms with Gasteiger partial charge in [-0.15, -0.1) is 0 Å². The van der Waals surface area contributed by atoms with Gasteiger partial charge in [0.05, 0.1) is 33.2 Å². The summed E-state index contributed by atoms with van der Waals surface area (Å²) in [4.78, 5) is 17.7. The van der Waals surface area contributed by atoms with Crippen molar-refractivity contribution in [1.82, 2.24) is 19.9 Å². The molecule has 2 aromatic heterocycles. The molecule has 0 unspecified atom stereocenters. The predicted octanol–water partition coefficient (Wildman–Crippen LogP) is 5.37. The topological polar surface area (TPSA) is 88.5 Å². The number of hydrogen-bond acceptors (Lipinski definition) is 8. The Balaban J connectivity index is 1.67. The molecule has 1 saturated carbocycles. The van der Waals surface area contributed by atoms with Crippen LogP contribution >= 0.6 is 0 Å². The molecular formula is C26H29FN4O4. The molecule has 4 rings (SSSR count). The molecule has 1 aliphatic rings. The molecule has 35 heavy (non-hydrogen) atoms. The highest BCUT2D eigenvalue weighted by molar-refractivity contribution is 5.67. The number of ether oxygens (including phenoxy) is 4. The first-order valence-corrected chi connectivity index (χ1v) is 11.5. The van der Waals surface area contributed by atoms with Gasteiger partial charge < -0.3 is 18.9 Å². The monoisotopic (exact) mass is 480 g/mol. The molecule has 0 spiro atoms. The Labute approximate surface area is 204 Å². The molecule has 3 aromatic rings. The first kappa shape index (κ1) is 24.4. The molecule has 2 heterocycles. The molecule has 0 saturated heterocycles. The van der Waals surface area contributed by atoms with Crippen LogP contribution in [-0.4, -0.2) is 41.3 Å². The standard InChI is InChI=1S/C26H29FN4O4/c1-6-7-15(2)18-11-20(32-3)17(10-19(18)27)13-35-25-21(33-4)12-28-24(31-25)22-23(16-8-9-16)29-14-30-26(22)34-5/h7,10-12,14,16H,6,8-9,13H2,1-5H3/b15-7-. The van der Waals surface area contributed by atoms with E-state index in [1.807, 2.05) is 19.9 Å². The Bertz CT molecular complexity index is 1240. The number of aromatic nitrogens is 4. The molecule has 0 radical (unpaired) electrons. The number of methoxy groups -OCH3 is 3. The maximum Gasteiger partial charge on any atom is 0.261 e. The van der Waals surface area contributed by atoms with E-state index in [1.165, 1.54) is 25.7 Å². The molecule has 8 nitrogen and oxygen atoms in total. The SMILES string of the molecule is CC/C=C(/C)c1cc(OC)c(COc2nc(-c3c(OC)ncnc3C3CC3)ncc2OC)cc1F. The minimum absolute atomic E-state index is 0.0155. The third-order valence-corrected chi connectivity index (χ3v) is 5.83. The third-order valence-electron chi connectivity index (χ3n) is 5.83. The summed E-state index contributed by atoms with van der Waals surface area (Å²) in [7, 11) is 4.60. The van der Waals surface area contributed by atoms with Crippen LogP contribution in [0.1, 0.15) is 55.8 Å². The number of halogens is 1. The molecule has 0 N–H and O–H groups in total. The molecule has 0 amide bonds. The van der Waals surface area contributed by atoms with Crippen LogP contribution < -0.4 is 18.9 Å². The average Bonchev–Trinajstić information content (AvgIpc) is 3.72. The number of hydrogen-bond donors (Lipinski definition) is 0. The largest absolute Gasteiger partial charge is 0.496 e. The average molecular weight is 481 g/mol. The quantitative estimate of drug-likeness (QED) is 0.383. The zero-order valence-electron chi connectivity index (χ0n) is 20.6. The van der Waals surface area contributed by atoms with Gasteiger partial charge >= 0.3 is 0 Å². The van der Waals surface area contributed by atoms with Gasteiger partial charge in [0, 0.05) is 17.0 Å². The van der Waals surface area contributed by atoms with E-state index in [9.17, 15) is 4.39 Å². The zero-order chi connectivity index (χ0) is 24.9. The first-order valence-electron chi connectivity index (χ1n) is 11.5. The summed E-state index contributed by atoms with van der Waals surface area (Å²) in [5.41, 5.74) is 3.38. The Morgan fingerprint density at radius 2 is 1.80 bits per heavy atom. The summed E-state index contributed by atoms with van der Waals surface area (Å²) in [6.07, 6.45) is 7.88. The molecule has 1 aliphatic carbocycles. The minimum atomic E-state index is -0.345. The van der Waals surface area contributed by atoms with Crippen molar-refractivity contribution in [3.63, 3.8) is 0 Å². The van der Waals surface area contributed by atoms with Crippen LogP contribution in [0.4, 0.5) is 4.39 Å². The molecule has 1 aromatic carbocycles. The third kappa shape index (κ3) is 5.18. The highest BCUT2D eigenvalue weighted by atomic mass is 19.1. The molecule has 184 valence electrons. The van der Waals surface area contributed by atoms with E-state index in [0.29, 0.717) is 45.8 Å². The Morgan fingerprint density at radius 3 is 2.46 bits per heavy atom. The second-order valence-corrected chi connectivity index (χ2v) is 8.21. The maximum atomic E-state index is 14.9. The summed E-state index contributed by atoms with van der Waals surface area (Å²) in [5, 5.41) is 0. The molecular weight excluding hydrogens is 451 g/mol. The number of allylic oxidation sites excluding steroid dienone is 2. The number of nitrogens with zero attached hydrogens (tertiary/aromatic N) is 4. The summed E-state index contributed by atoms with van der Waals surface area (Å²) >= 11 is 0. The van der Waals surface area contributed by atoms with Crippen molar-refractivity contribution in [2.45, 2.75) is 45.6 Å². The number of rotatable bonds is 10. The van der Waals surface area contributed by atoms with Crippen LogP contribution in [-0.2, 0) is 6.61 Å². The zero-order valence-corrected chi connectivity index (χ0v) is 20.6. The van der Waals surface area contributed by atoms with Crippen molar-refractivity contribution < 1.29 is 23.3 Å². The Kier molecular flexibility index (Phi) is 7.43. The van der Waals surface area contributed by atoms with E-state index >= 15 is 0 Å². The van der Waals surface area contributed by atoms with Crippen molar-refractivity contribution in [3.05, 3.63) is 53.4 Å². The lowest BCUT2D eigenvalue weighted by Gasteiger charge is -2.15. The molecule has 0 atom stereocenters. The fourth-order valence-electron chi connectivity index (χ4n) is 3.89. The van der Waals surface area contributed by atoms with Gasteiger partial charge in [0.15, 0.2) is 11.6 Å². The van der Waals surface area contributed by atoms with Gasteiger partial charge in [0.25, 0.3) is 5.88 Å². The maximum absolute atomic E-state index is 14.9. The van der Waals surface area contributed by atoms with E-state index < -0.39 is 0 Å². The first-order chi connectivity index (χ1) is 17.0.